The molecule has 0 saturated heterocycles. The monoisotopic (exact) mass is 290 g/mol. The van der Waals surface area contributed by atoms with E-state index in [1.54, 1.807) is 6.26 Å². The Morgan fingerprint density at radius 2 is 2.05 bits per heavy atom. The van der Waals surface area contributed by atoms with Crippen LogP contribution in [0, 0.1) is 11.8 Å². The van der Waals surface area contributed by atoms with Crippen LogP contribution in [0.2, 0.25) is 0 Å². The fourth-order valence-corrected chi connectivity index (χ4v) is 2.92. The minimum absolute atomic E-state index is 0.0337. The molecule has 0 aromatic carbocycles. The molecule has 0 heterocycles. The Morgan fingerprint density at radius 3 is 2.68 bits per heavy atom. The van der Waals surface area contributed by atoms with Gasteiger partial charge in [-0.15, -0.1) is 0 Å². The summed E-state index contributed by atoms with van der Waals surface area (Å²) in [4.78, 5) is 22.4. The number of carboxylic acid groups (broad SMARTS) is 1. The van der Waals surface area contributed by atoms with Gasteiger partial charge in [0, 0.05) is 35.9 Å². The van der Waals surface area contributed by atoms with Gasteiger partial charge in [-0.3, -0.25) is 9.00 Å². The Kier molecular flexibility index (Phi) is 6.83. The number of carbonyl (C=O) groups excluding carboxylic acids is 1. The minimum atomic E-state index is -0.833. The van der Waals surface area contributed by atoms with Crippen molar-refractivity contribution in [3.8, 4) is 0 Å². The van der Waals surface area contributed by atoms with Gasteiger partial charge in [-0.25, -0.2) is 4.79 Å². The van der Waals surface area contributed by atoms with Crippen LogP contribution < -0.4 is 10.6 Å². The number of aliphatic carboxylic acids is 1. The van der Waals surface area contributed by atoms with E-state index >= 15 is 0 Å². The van der Waals surface area contributed by atoms with Crippen LogP contribution in [-0.2, 0) is 15.6 Å². The quantitative estimate of drug-likeness (QED) is 0.597. The van der Waals surface area contributed by atoms with Gasteiger partial charge < -0.3 is 15.7 Å². The minimum Gasteiger partial charge on any atom is -0.481 e. The molecule has 0 spiro atoms. The van der Waals surface area contributed by atoms with Crippen molar-refractivity contribution in [2.45, 2.75) is 25.7 Å². The third kappa shape index (κ3) is 6.04. The van der Waals surface area contributed by atoms with Crippen molar-refractivity contribution >= 4 is 22.8 Å². The van der Waals surface area contributed by atoms with Gasteiger partial charge in [0.1, 0.15) is 0 Å². The van der Waals surface area contributed by atoms with Crippen LogP contribution in [-0.4, -0.2) is 46.4 Å². The van der Waals surface area contributed by atoms with Gasteiger partial charge in [0.25, 0.3) is 0 Å². The highest BCUT2D eigenvalue weighted by atomic mass is 32.2. The fraction of sp³-hybridized carbons (Fsp3) is 0.833. The molecule has 0 radical (unpaired) electrons. The van der Waals surface area contributed by atoms with E-state index in [9.17, 15) is 13.8 Å². The lowest BCUT2D eigenvalue weighted by atomic mass is 9.96. The Labute approximate surface area is 115 Å². The van der Waals surface area contributed by atoms with Crippen molar-refractivity contribution in [3.63, 3.8) is 0 Å². The van der Waals surface area contributed by atoms with Crippen molar-refractivity contribution in [1.29, 1.82) is 0 Å². The number of nitrogens with one attached hydrogen (secondary N) is 2. The molecule has 1 aliphatic rings. The third-order valence-corrected chi connectivity index (χ3v) is 4.26. The highest BCUT2D eigenvalue weighted by Crippen LogP contribution is 2.31. The van der Waals surface area contributed by atoms with Crippen LogP contribution >= 0.6 is 0 Å². The van der Waals surface area contributed by atoms with Gasteiger partial charge in [0.15, 0.2) is 0 Å². The zero-order chi connectivity index (χ0) is 14.3. The van der Waals surface area contributed by atoms with Crippen LogP contribution in [0.1, 0.15) is 25.7 Å². The Morgan fingerprint density at radius 1 is 1.32 bits per heavy atom. The van der Waals surface area contributed by atoms with Crippen molar-refractivity contribution in [1.82, 2.24) is 10.6 Å². The second-order valence-corrected chi connectivity index (χ2v) is 6.46. The highest BCUT2D eigenvalue weighted by Gasteiger charge is 2.32. The van der Waals surface area contributed by atoms with E-state index in [-0.39, 0.29) is 17.9 Å². The first-order chi connectivity index (χ1) is 9.00. The first kappa shape index (κ1) is 15.9. The van der Waals surface area contributed by atoms with Crippen LogP contribution in [0.5, 0.6) is 0 Å². The molecule has 1 rings (SSSR count). The number of rotatable bonds is 7. The predicted molar refractivity (Wildman–Crippen MR) is 73.4 cm³/mol. The number of carboxylic acids is 1. The molecule has 110 valence electrons. The standard InChI is InChI=1S/C12H22N2O4S/c1-19(18)7-3-6-13-12(17)14-8-9-4-2-5-10(9)11(15)16/h9-10H,2-8H2,1H3,(H,15,16)(H2,13,14,17). The normalized spacial score (nSPS) is 23.8. The highest BCUT2D eigenvalue weighted by molar-refractivity contribution is 7.84. The molecular weight excluding hydrogens is 268 g/mol. The number of amides is 2. The summed E-state index contributed by atoms with van der Waals surface area (Å²) in [7, 11) is -0.833. The van der Waals surface area contributed by atoms with Crippen molar-refractivity contribution < 1.29 is 18.9 Å². The fourth-order valence-electron chi connectivity index (χ4n) is 2.37. The summed E-state index contributed by atoms with van der Waals surface area (Å²) in [5, 5.41) is 14.4. The van der Waals surface area contributed by atoms with E-state index in [1.165, 1.54) is 0 Å². The summed E-state index contributed by atoms with van der Waals surface area (Å²) in [6.45, 7) is 0.890. The molecule has 1 fully saturated rings. The number of hydrogen-bond donors (Lipinski definition) is 3. The van der Waals surface area contributed by atoms with Crippen LogP contribution in [0.3, 0.4) is 0 Å². The third-order valence-electron chi connectivity index (χ3n) is 3.40. The maximum atomic E-state index is 11.5. The summed E-state index contributed by atoms with van der Waals surface area (Å²) in [5.74, 6) is -0.492. The van der Waals surface area contributed by atoms with Crippen LogP contribution in [0.4, 0.5) is 4.79 Å². The second kappa shape index (κ2) is 8.14. The van der Waals surface area contributed by atoms with E-state index in [0.29, 0.717) is 31.7 Å². The van der Waals surface area contributed by atoms with Crippen molar-refractivity contribution in [2.75, 3.05) is 25.1 Å². The molecule has 6 nitrogen and oxygen atoms in total. The summed E-state index contributed by atoms with van der Waals surface area (Å²) in [6, 6.07) is -0.280. The van der Waals surface area contributed by atoms with E-state index in [0.717, 1.165) is 12.8 Å². The van der Waals surface area contributed by atoms with E-state index in [2.05, 4.69) is 10.6 Å². The topological polar surface area (TPSA) is 95.5 Å². The second-order valence-electron chi connectivity index (χ2n) is 4.90. The Bertz CT molecular complexity index is 349. The smallest absolute Gasteiger partial charge is 0.314 e. The maximum absolute atomic E-state index is 11.5. The molecule has 0 bridgehead atoms. The molecule has 3 atom stereocenters. The lowest BCUT2D eigenvalue weighted by Crippen LogP contribution is -2.40. The summed E-state index contributed by atoms with van der Waals surface area (Å²) >= 11 is 0. The SMILES string of the molecule is CS(=O)CCCNC(=O)NCC1CCCC1C(=O)O. The van der Waals surface area contributed by atoms with E-state index in [1.807, 2.05) is 0 Å². The first-order valence-electron chi connectivity index (χ1n) is 6.55. The number of urea groups is 1. The van der Waals surface area contributed by atoms with Gasteiger partial charge in [0.2, 0.25) is 0 Å². The lowest BCUT2D eigenvalue weighted by molar-refractivity contribution is -0.142. The zero-order valence-electron chi connectivity index (χ0n) is 11.2. The van der Waals surface area contributed by atoms with Crippen molar-refractivity contribution in [3.05, 3.63) is 0 Å². The molecule has 3 unspecified atom stereocenters. The molecule has 2 amide bonds. The lowest BCUT2D eigenvalue weighted by Gasteiger charge is -2.16. The van der Waals surface area contributed by atoms with Gasteiger partial charge in [-0.1, -0.05) is 6.42 Å². The van der Waals surface area contributed by atoms with E-state index in [4.69, 9.17) is 5.11 Å². The predicted octanol–water partition coefficient (Wildman–Crippen LogP) is 0.555. The summed E-state index contributed by atoms with van der Waals surface area (Å²) in [6.07, 6.45) is 4.77. The Balaban J connectivity index is 2.16. The largest absolute Gasteiger partial charge is 0.481 e. The zero-order valence-corrected chi connectivity index (χ0v) is 12.0. The van der Waals surface area contributed by atoms with E-state index < -0.39 is 16.8 Å². The molecule has 7 heteroatoms. The number of hydrogen-bond acceptors (Lipinski definition) is 3. The Hall–Kier alpha value is -1.11. The molecule has 19 heavy (non-hydrogen) atoms. The molecule has 0 aliphatic heterocycles. The van der Waals surface area contributed by atoms with Gasteiger partial charge >= 0.3 is 12.0 Å². The van der Waals surface area contributed by atoms with Gasteiger partial charge in [-0.05, 0) is 25.2 Å². The summed E-state index contributed by atoms with van der Waals surface area (Å²) in [5.41, 5.74) is 0. The average molecular weight is 290 g/mol. The first-order valence-corrected chi connectivity index (χ1v) is 8.28. The average Bonchev–Trinajstić information content (AvgIpc) is 2.80. The molecular formula is C12H22N2O4S. The van der Waals surface area contributed by atoms with Gasteiger partial charge in [-0.2, -0.15) is 0 Å². The van der Waals surface area contributed by atoms with Gasteiger partial charge in [0.05, 0.1) is 5.92 Å². The van der Waals surface area contributed by atoms with Crippen LogP contribution in [0.25, 0.3) is 0 Å². The number of carbonyl (C=O) groups is 2. The maximum Gasteiger partial charge on any atom is 0.314 e. The molecule has 0 aromatic rings. The molecule has 3 N–H and O–H groups in total. The van der Waals surface area contributed by atoms with Crippen LogP contribution in [0.15, 0.2) is 0 Å². The summed E-state index contributed by atoms with van der Waals surface area (Å²) < 4.78 is 10.8. The molecule has 1 aliphatic carbocycles. The molecule has 0 aromatic heterocycles. The van der Waals surface area contributed by atoms with Crippen molar-refractivity contribution in [2.24, 2.45) is 11.8 Å². The molecule has 1 saturated carbocycles.